The molecule has 0 fully saturated rings. The number of hydrogen-bond donors (Lipinski definition) is 0. The molecule has 0 aromatic carbocycles. The molecular formula is C9H4BrCl2N3. The van der Waals surface area contributed by atoms with Crippen molar-refractivity contribution in [3.05, 3.63) is 39.2 Å². The summed E-state index contributed by atoms with van der Waals surface area (Å²) in [5.74, 6) is 0.403. The number of nitrogens with zero attached hydrogens (tertiary/aromatic N) is 3. The number of hydrogen-bond acceptors (Lipinski definition) is 3. The monoisotopic (exact) mass is 303 g/mol. The van der Waals surface area contributed by atoms with E-state index in [9.17, 15) is 0 Å². The lowest BCUT2D eigenvalue weighted by molar-refractivity contribution is 1.13. The molecule has 0 bridgehead atoms. The summed E-state index contributed by atoms with van der Waals surface area (Å²) < 4.78 is 0.795. The van der Waals surface area contributed by atoms with Crippen molar-refractivity contribution in [1.82, 2.24) is 15.0 Å². The summed E-state index contributed by atoms with van der Waals surface area (Å²) in [4.78, 5) is 12.2. The molecule has 6 heteroatoms. The molecule has 0 amide bonds. The van der Waals surface area contributed by atoms with E-state index >= 15 is 0 Å². The van der Waals surface area contributed by atoms with Gasteiger partial charge in [-0.3, -0.25) is 4.98 Å². The zero-order valence-corrected chi connectivity index (χ0v) is 10.4. The Hall–Kier alpha value is -0.710. The maximum Gasteiger partial charge on any atom is 0.182 e. The van der Waals surface area contributed by atoms with Crippen molar-refractivity contribution in [1.29, 1.82) is 0 Å². The minimum atomic E-state index is 0.294. The van der Waals surface area contributed by atoms with Gasteiger partial charge in [-0.2, -0.15) is 0 Å². The van der Waals surface area contributed by atoms with Crippen LogP contribution in [0.3, 0.4) is 0 Å². The molecule has 0 aliphatic carbocycles. The molecule has 2 aromatic rings. The number of aromatic nitrogens is 3. The van der Waals surface area contributed by atoms with E-state index in [0.717, 1.165) is 4.47 Å². The average molecular weight is 305 g/mol. The lowest BCUT2D eigenvalue weighted by atomic mass is 10.3. The first-order chi connectivity index (χ1) is 7.16. The molecule has 0 radical (unpaired) electrons. The smallest absolute Gasteiger partial charge is 0.182 e. The van der Waals surface area contributed by atoms with Gasteiger partial charge in [0.05, 0.1) is 0 Å². The van der Waals surface area contributed by atoms with E-state index in [1.807, 2.05) is 6.07 Å². The van der Waals surface area contributed by atoms with Gasteiger partial charge in [0, 0.05) is 16.7 Å². The maximum absolute atomic E-state index is 5.77. The highest BCUT2D eigenvalue weighted by atomic mass is 79.9. The predicted molar refractivity (Wildman–Crippen MR) is 63.0 cm³/mol. The van der Waals surface area contributed by atoms with E-state index in [-0.39, 0.29) is 0 Å². The van der Waals surface area contributed by atoms with Gasteiger partial charge in [-0.25, -0.2) is 9.97 Å². The first-order valence-electron chi connectivity index (χ1n) is 3.98. The van der Waals surface area contributed by atoms with Gasteiger partial charge in [-0.15, -0.1) is 0 Å². The molecule has 0 saturated carbocycles. The zero-order valence-electron chi connectivity index (χ0n) is 7.28. The molecule has 0 N–H and O–H groups in total. The third-order valence-electron chi connectivity index (χ3n) is 1.63. The Morgan fingerprint density at radius 3 is 2.40 bits per heavy atom. The Bertz CT molecular complexity index is 484. The molecule has 15 heavy (non-hydrogen) atoms. The highest BCUT2D eigenvalue weighted by Gasteiger charge is 2.09. The van der Waals surface area contributed by atoms with Crippen LogP contribution < -0.4 is 0 Å². The van der Waals surface area contributed by atoms with E-state index in [1.54, 1.807) is 12.3 Å². The Labute approximate surface area is 105 Å². The Morgan fingerprint density at radius 1 is 1.13 bits per heavy atom. The van der Waals surface area contributed by atoms with E-state index in [4.69, 9.17) is 23.2 Å². The van der Waals surface area contributed by atoms with Crippen LogP contribution in [0.2, 0.25) is 10.3 Å². The Morgan fingerprint density at radius 2 is 1.80 bits per heavy atom. The second-order valence-electron chi connectivity index (χ2n) is 2.67. The van der Waals surface area contributed by atoms with Crippen LogP contribution in [0.25, 0.3) is 11.5 Å². The first kappa shape index (κ1) is 10.8. The molecule has 0 unspecified atom stereocenters. The molecule has 0 spiro atoms. The van der Waals surface area contributed by atoms with Crippen molar-refractivity contribution in [2.75, 3.05) is 0 Å². The van der Waals surface area contributed by atoms with Gasteiger partial charge in [-0.1, -0.05) is 23.2 Å². The van der Waals surface area contributed by atoms with Crippen LogP contribution in [0.4, 0.5) is 0 Å². The normalized spacial score (nSPS) is 10.3. The fourth-order valence-electron chi connectivity index (χ4n) is 1.05. The summed E-state index contributed by atoms with van der Waals surface area (Å²) in [5, 5.41) is 0.588. The van der Waals surface area contributed by atoms with E-state index < -0.39 is 0 Å². The first-order valence-corrected chi connectivity index (χ1v) is 5.52. The lowest BCUT2D eigenvalue weighted by Crippen LogP contribution is -1.93. The van der Waals surface area contributed by atoms with Crippen molar-refractivity contribution in [3.63, 3.8) is 0 Å². The largest absolute Gasteiger partial charge is 0.252 e. The quantitative estimate of drug-likeness (QED) is 0.756. The highest BCUT2D eigenvalue weighted by molar-refractivity contribution is 9.10. The van der Waals surface area contributed by atoms with E-state index in [0.29, 0.717) is 21.8 Å². The van der Waals surface area contributed by atoms with Gasteiger partial charge in [0.1, 0.15) is 16.0 Å². The van der Waals surface area contributed by atoms with Crippen molar-refractivity contribution in [3.8, 4) is 11.5 Å². The minimum absolute atomic E-state index is 0.294. The van der Waals surface area contributed by atoms with Crippen LogP contribution >= 0.6 is 39.1 Å². The van der Waals surface area contributed by atoms with Gasteiger partial charge in [-0.05, 0) is 28.1 Å². The van der Waals surface area contributed by atoms with Crippen LogP contribution in [0.1, 0.15) is 0 Å². The summed E-state index contributed by atoms with van der Waals surface area (Å²) in [7, 11) is 0. The third kappa shape index (κ3) is 2.45. The summed E-state index contributed by atoms with van der Waals surface area (Å²) in [6, 6.07) is 5.13. The summed E-state index contributed by atoms with van der Waals surface area (Å²) in [6.07, 6.45) is 1.65. The Balaban J connectivity index is 2.59. The molecule has 0 aliphatic rings. The summed E-state index contributed by atoms with van der Waals surface area (Å²) in [5.41, 5.74) is 0.613. The summed E-state index contributed by atoms with van der Waals surface area (Å²) >= 11 is 14.9. The number of halogens is 3. The molecule has 0 aliphatic heterocycles. The van der Waals surface area contributed by atoms with Crippen molar-refractivity contribution in [2.45, 2.75) is 0 Å². The topological polar surface area (TPSA) is 38.7 Å². The lowest BCUT2D eigenvalue weighted by Gasteiger charge is -2.02. The standard InChI is InChI=1S/C9H4BrCl2N3/c10-5-2-1-3-13-8(5)9-14-6(11)4-7(12)15-9/h1-4H. The summed E-state index contributed by atoms with van der Waals surface area (Å²) in [6.45, 7) is 0. The molecule has 2 rings (SSSR count). The number of rotatable bonds is 1. The van der Waals surface area contributed by atoms with Crippen molar-refractivity contribution < 1.29 is 0 Å². The van der Waals surface area contributed by atoms with Crippen molar-refractivity contribution in [2.24, 2.45) is 0 Å². The SMILES string of the molecule is Clc1cc(Cl)nc(-c2ncccc2Br)n1. The number of pyridine rings is 1. The second kappa shape index (κ2) is 4.43. The highest BCUT2D eigenvalue weighted by Crippen LogP contribution is 2.24. The van der Waals surface area contributed by atoms with E-state index in [1.165, 1.54) is 6.07 Å². The molecule has 0 atom stereocenters. The molecule has 0 saturated heterocycles. The molecule has 76 valence electrons. The van der Waals surface area contributed by atoms with Crippen LogP contribution in [0, 0.1) is 0 Å². The Kier molecular flexibility index (Phi) is 3.19. The van der Waals surface area contributed by atoms with Crippen LogP contribution in [0.5, 0.6) is 0 Å². The van der Waals surface area contributed by atoms with Gasteiger partial charge in [0.2, 0.25) is 0 Å². The van der Waals surface area contributed by atoms with Gasteiger partial charge in [0.15, 0.2) is 5.82 Å². The van der Waals surface area contributed by atoms with Crippen LogP contribution in [-0.2, 0) is 0 Å². The third-order valence-corrected chi connectivity index (χ3v) is 2.66. The average Bonchev–Trinajstić information content (AvgIpc) is 2.16. The van der Waals surface area contributed by atoms with Crippen LogP contribution in [-0.4, -0.2) is 15.0 Å². The minimum Gasteiger partial charge on any atom is -0.252 e. The van der Waals surface area contributed by atoms with Gasteiger partial charge in [0.25, 0.3) is 0 Å². The van der Waals surface area contributed by atoms with Crippen molar-refractivity contribution >= 4 is 39.1 Å². The van der Waals surface area contributed by atoms with Gasteiger partial charge >= 0.3 is 0 Å². The van der Waals surface area contributed by atoms with Gasteiger partial charge < -0.3 is 0 Å². The van der Waals surface area contributed by atoms with Crippen LogP contribution in [0.15, 0.2) is 28.9 Å². The maximum atomic E-state index is 5.77. The zero-order chi connectivity index (χ0) is 10.8. The second-order valence-corrected chi connectivity index (χ2v) is 4.30. The molecule has 2 aromatic heterocycles. The molecular weight excluding hydrogens is 301 g/mol. The fraction of sp³-hybridized carbons (Fsp3) is 0. The van der Waals surface area contributed by atoms with E-state index in [2.05, 4.69) is 30.9 Å². The predicted octanol–water partition coefficient (Wildman–Crippen LogP) is 3.61. The molecule has 2 heterocycles. The molecule has 3 nitrogen and oxygen atoms in total. The fourth-order valence-corrected chi connectivity index (χ4v) is 1.90.